The van der Waals surface area contributed by atoms with Crippen molar-refractivity contribution in [3.8, 4) is 0 Å². The number of hydrogen-bond acceptors (Lipinski definition) is 5. The van der Waals surface area contributed by atoms with E-state index in [4.69, 9.17) is 9.57 Å². The summed E-state index contributed by atoms with van der Waals surface area (Å²) in [6.07, 6.45) is 0.224. The molecule has 72 valence electrons. The Balaban J connectivity index is 2.07. The highest BCUT2D eigenvalue weighted by atomic mass is 16.7. The summed E-state index contributed by atoms with van der Waals surface area (Å²) in [5.74, 6) is -0.299. The van der Waals surface area contributed by atoms with E-state index in [1.54, 1.807) is 0 Å². The van der Waals surface area contributed by atoms with Gasteiger partial charge >= 0.3 is 5.97 Å². The average molecular weight is 185 g/mol. The summed E-state index contributed by atoms with van der Waals surface area (Å²) in [4.78, 5) is 16.2. The van der Waals surface area contributed by atoms with Crippen LogP contribution in [0.2, 0.25) is 0 Å². The van der Waals surface area contributed by atoms with Crippen LogP contribution in [0.5, 0.6) is 0 Å². The predicted molar refractivity (Wildman–Crippen MR) is 43.3 cm³/mol. The van der Waals surface area contributed by atoms with Gasteiger partial charge in [-0.05, 0) is 6.42 Å². The van der Waals surface area contributed by atoms with Gasteiger partial charge in [-0.3, -0.25) is 0 Å². The molecule has 1 saturated heterocycles. The number of esters is 1. The Morgan fingerprint density at radius 2 is 2.54 bits per heavy atom. The molecule has 2 aliphatic rings. The van der Waals surface area contributed by atoms with Gasteiger partial charge in [-0.2, -0.15) is 0 Å². The molecule has 0 amide bonds. The molecule has 0 radical (unpaired) electrons. The fourth-order valence-electron chi connectivity index (χ4n) is 1.60. The van der Waals surface area contributed by atoms with Gasteiger partial charge in [0.05, 0.1) is 25.3 Å². The van der Waals surface area contributed by atoms with Crippen molar-refractivity contribution >= 4 is 11.7 Å². The van der Waals surface area contributed by atoms with Crippen molar-refractivity contribution < 1.29 is 19.1 Å². The molecule has 5 nitrogen and oxygen atoms in total. The maximum absolute atomic E-state index is 11.2. The Morgan fingerprint density at radius 1 is 1.69 bits per heavy atom. The fraction of sp³-hybridized carbons (Fsp3) is 0.750. The summed E-state index contributed by atoms with van der Waals surface area (Å²) in [6.45, 7) is 1.12. The predicted octanol–water partition coefficient (Wildman–Crippen LogP) is -0.0493. The second-order valence-corrected chi connectivity index (χ2v) is 3.08. The molecule has 2 rings (SSSR count). The van der Waals surface area contributed by atoms with Crippen molar-refractivity contribution in [2.45, 2.75) is 12.5 Å². The molecule has 0 aromatic carbocycles. The zero-order valence-corrected chi connectivity index (χ0v) is 7.36. The maximum Gasteiger partial charge on any atom is 0.350 e. The second kappa shape index (κ2) is 3.33. The first-order valence-electron chi connectivity index (χ1n) is 4.21. The zero-order chi connectivity index (χ0) is 9.26. The molecule has 2 heterocycles. The molecule has 2 atom stereocenters. The van der Waals surface area contributed by atoms with Crippen LogP contribution in [0.1, 0.15) is 6.42 Å². The van der Waals surface area contributed by atoms with Crippen LogP contribution in [0, 0.1) is 5.92 Å². The monoisotopic (exact) mass is 185 g/mol. The van der Waals surface area contributed by atoms with Crippen molar-refractivity contribution in [1.82, 2.24) is 0 Å². The number of hydrogen-bond donors (Lipinski definition) is 0. The molecular formula is C8H11NO4. The van der Waals surface area contributed by atoms with Crippen LogP contribution in [0.15, 0.2) is 5.16 Å². The molecule has 1 fully saturated rings. The van der Waals surface area contributed by atoms with Crippen LogP contribution >= 0.6 is 0 Å². The van der Waals surface area contributed by atoms with E-state index < -0.39 is 6.10 Å². The van der Waals surface area contributed by atoms with Crippen LogP contribution in [-0.2, 0) is 19.1 Å². The van der Waals surface area contributed by atoms with E-state index in [1.165, 1.54) is 7.11 Å². The van der Waals surface area contributed by atoms with Crippen LogP contribution in [0.4, 0.5) is 0 Å². The summed E-state index contributed by atoms with van der Waals surface area (Å²) in [6, 6.07) is 0. The van der Waals surface area contributed by atoms with Crippen LogP contribution < -0.4 is 0 Å². The highest BCUT2D eigenvalue weighted by Gasteiger charge is 2.41. The van der Waals surface area contributed by atoms with Gasteiger partial charge in [0, 0.05) is 6.61 Å². The number of rotatable bonds is 1. The van der Waals surface area contributed by atoms with Gasteiger partial charge in [-0.1, -0.05) is 5.16 Å². The van der Waals surface area contributed by atoms with Gasteiger partial charge in [0.1, 0.15) is 0 Å². The number of fused-ring (bicyclic) bond motifs is 1. The topological polar surface area (TPSA) is 57.1 Å². The molecule has 5 heteroatoms. The molecule has 13 heavy (non-hydrogen) atoms. The van der Waals surface area contributed by atoms with Gasteiger partial charge in [-0.15, -0.1) is 0 Å². The van der Waals surface area contributed by atoms with E-state index in [9.17, 15) is 4.79 Å². The van der Waals surface area contributed by atoms with E-state index in [2.05, 4.69) is 9.89 Å². The minimum atomic E-state index is -0.552. The first kappa shape index (κ1) is 8.50. The Bertz CT molecular complexity index is 251. The summed E-state index contributed by atoms with van der Waals surface area (Å²) >= 11 is 0. The lowest BCUT2D eigenvalue weighted by Gasteiger charge is -2.20. The highest BCUT2D eigenvalue weighted by molar-refractivity contribution is 5.94. The Hall–Kier alpha value is -1.10. The van der Waals surface area contributed by atoms with Crippen molar-refractivity contribution in [2.75, 3.05) is 20.3 Å². The standard InChI is InChI=1S/C8H11NO4/c1-11-8(10)7-5-2-3-12-4-6(5)9-13-7/h5,7H,2-4H2,1H3/t5-,7-/m1/s1. The van der Waals surface area contributed by atoms with Crippen LogP contribution in [0.3, 0.4) is 0 Å². The Labute approximate surface area is 75.6 Å². The maximum atomic E-state index is 11.2. The van der Waals surface area contributed by atoms with Gasteiger partial charge in [0.25, 0.3) is 0 Å². The van der Waals surface area contributed by atoms with Crippen molar-refractivity contribution in [3.63, 3.8) is 0 Å². The van der Waals surface area contributed by atoms with E-state index in [1.807, 2.05) is 0 Å². The average Bonchev–Trinajstić information content (AvgIpc) is 2.60. The third-order valence-electron chi connectivity index (χ3n) is 2.33. The molecule has 0 N–H and O–H groups in total. The lowest BCUT2D eigenvalue weighted by Crippen LogP contribution is -2.37. The first-order chi connectivity index (χ1) is 6.33. The largest absolute Gasteiger partial charge is 0.466 e. The highest BCUT2D eigenvalue weighted by Crippen LogP contribution is 2.25. The van der Waals surface area contributed by atoms with Gasteiger partial charge < -0.3 is 14.3 Å². The fourth-order valence-corrected chi connectivity index (χ4v) is 1.60. The number of carbonyl (C=O) groups is 1. The third-order valence-corrected chi connectivity index (χ3v) is 2.33. The summed E-state index contributed by atoms with van der Waals surface area (Å²) < 4.78 is 9.79. The molecule has 0 saturated carbocycles. The quantitative estimate of drug-likeness (QED) is 0.537. The number of ether oxygens (including phenoxy) is 2. The Kier molecular flexibility index (Phi) is 2.18. The second-order valence-electron chi connectivity index (χ2n) is 3.08. The third kappa shape index (κ3) is 1.39. The number of oxime groups is 1. The molecule has 0 aromatic heterocycles. The van der Waals surface area contributed by atoms with Crippen molar-refractivity contribution in [2.24, 2.45) is 11.1 Å². The summed E-state index contributed by atoms with van der Waals surface area (Å²) in [5.41, 5.74) is 0.821. The van der Waals surface area contributed by atoms with Gasteiger partial charge in [-0.25, -0.2) is 4.79 Å². The smallest absolute Gasteiger partial charge is 0.350 e. The van der Waals surface area contributed by atoms with Gasteiger partial charge in [0.15, 0.2) is 0 Å². The lowest BCUT2D eigenvalue weighted by atomic mass is 9.93. The minimum Gasteiger partial charge on any atom is -0.466 e. The van der Waals surface area contributed by atoms with E-state index in [-0.39, 0.29) is 11.9 Å². The zero-order valence-electron chi connectivity index (χ0n) is 7.36. The SMILES string of the molecule is COC(=O)[C@@H]1ON=C2COCC[C@H]21. The molecular weight excluding hydrogens is 174 g/mol. The molecule has 2 aliphatic heterocycles. The lowest BCUT2D eigenvalue weighted by molar-refractivity contribution is -0.154. The number of methoxy groups -OCH3 is 1. The van der Waals surface area contributed by atoms with Crippen molar-refractivity contribution in [3.05, 3.63) is 0 Å². The molecule has 0 aliphatic carbocycles. The molecule has 0 bridgehead atoms. The molecule has 0 aromatic rings. The number of nitrogens with zero attached hydrogens (tertiary/aromatic N) is 1. The molecule has 0 unspecified atom stereocenters. The minimum absolute atomic E-state index is 0.0567. The summed E-state index contributed by atoms with van der Waals surface area (Å²) in [7, 11) is 1.35. The van der Waals surface area contributed by atoms with Crippen molar-refractivity contribution in [1.29, 1.82) is 0 Å². The Morgan fingerprint density at radius 3 is 3.31 bits per heavy atom. The van der Waals surface area contributed by atoms with E-state index in [0.29, 0.717) is 13.2 Å². The van der Waals surface area contributed by atoms with Gasteiger partial charge in [0.2, 0.25) is 6.10 Å². The number of carbonyl (C=O) groups excluding carboxylic acids is 1. The van der Waals surface area contributed by atoms with Crippen LogP contribution in [-0.4, -0.2) is 38.1 Å². The summed E-state index contributed by atoms with van der Waals surface area (Å²) in [5, 5.41) is 3.80. The van der Waals surface area contributed by atoms with E-state index >= 15 is 0 Å². The van der Waals surface area contributed by atoms with E-state index in [0.717, 1.165) is 12.1 Å². The van der Waals surface area contributed by atoms with Crippen LogP contribution in [0.25, 0.3) is 0 Å². The normalized spacial score (nSPS) is 31.6. The molecule has 0 spiro atoms. The first-order valence-corrected chi connectivity index (χ1v) is 4.21.